The van der Waals surface area contributed by atoms with E-state index in [9.17, 15) is 18.0 Å². The lowest BCUT2D eigenvalue weighted by Crippen LogP contribution is -2.49. The van der Waals surface area contributed by atoms with Crippen LogP contribution in [-0.2, 0) is 37.2 Å². The molecule has 3 rings (SSSR count). The highest BCUT2D eigenvalue weighted by Crippen LogP contribution is 2.13. The fourth-order valence-corrected chi connectivity index (χ4v) is 5.37. The second-order valence-corrected chi connectivity index (χ2v) is 10.6. The van der Waals surface area contributed by atoms with Crippen molar-refractivity contribution in [3.63, 3.8) is 0 Å². The molecule has 1 atom stereocenters. The predicted molar refractivity (Wildman–Crippen MR) is 131 cm³/mol. The Bertz CT molecular complexity index is 1170. The summed E-state index contributed by atoms with van der Waals surface area (Å²) in [5.41, 5.74) is 0.753. The van der Waals surface area contributed by atoms with Crippen molar-refractivity contribution < 1.29 is 22.7 Å². The largest absolute Gasteiger partial charge is 0.468 e. The first kappa shape index (κ1) is 26.5. The normalized spacial score (nSPS) is 14.1. The predicted octanol–water partition coefficient (Wildman–Crippen LogP) is -0.493. The first-order valence-corrected chi connectivity index (χ1v) is 13.3. The molecular weight excluding hydrogens is 494 g/mol. The highest BCUT2D eigenvalue weighted by Gasteiger charge is 2.27. The van der Waals surface area contributed by atoms with E-state index in [4.69, 9.17) is 4.74 Å². The maximum atomic E-state index is 12.7. The molecule has 2 aromatic rings. The van der Waals surface area contributed by atoms with Gasteiger partial charge in [-0.25, -0.2) is 8.42 Å². The Labute approximate surface area is 208 Å². The minimum absolute atomic E-state index is 0.0156. The number of ether oxygens (including phenoxy) is 1. The summed E-state index contributed by atoms with van der Waals surface area (Å²) < 4.78 is 32.3. The van der Waals surface area contributed by atoms with E-state index >= 15 is 0 Å². The maximum Gasteiger partial charge on any atom is 0.325 e. The van der Waals surface area contributed by atoms with Crippen LogP contribution in [0.2, 0.25) is 0 Å². The van der Waals surface area contributed by atoms with Crippen LogP contribution in [0.5, 0.6) is 0 Å². The minimum atomic E-state index is -4.00. The lowest BCUT2D eigenvalue weighted by atomic mass is 10.2. The molecule has 0 radical (unpaired) electrons. The monoisotopic (exact) mass is 523 g/mol. The fourth-order valence-electron chi connectivity index (χ4n) is 3.19. The van der Waals surface area contributed by atoms with Crippen LogP contribution >= 0.6 is 11.3 Å². The van der Waals surface area contributed by atoms with E-state index in [2.05, 4.69) is 35.9 Å². The topological polar surface area (TPSA) is 164 Å². The number of esters is 1. The summed E-state index contributed by atoms with van der Waals surface area (Å²) in [6.07, 6.45) is 1.52. The summed E-state index contributed by atoms with van der Waals surface area (Å²) in [4.78, 5) is 28.8. The molecule has 35 heavy (non-hydrogen) atoms. The number of nitrogens with one attached hydrogen (secondary N) is 4. The summed E-state index contributed by atoms with van der Waals surface area (Å²) in [6.45, 7) is 3.86. The number of guanidine groups is 1. The molecule has 0 saturated heterocycles. The van der Waals surface area contributed by atoms with Gasteiger partial charge in [-0.3, -0.25) is 14.6 Å². The Morgan fingerprint density at radius 2 is 2.06 bits per heavy atom. The SMILES string of the molecule is COC(=O)[C@H](CNC(=O)Cc1nnc(CCCNC2=NCCN2)s1)NS(=O)(=O)c1cccc(C)c1. The molecule has 190 valence electrons. The van der Waals surface area contributed by atoms with E-state index in [0.29, 0.717) is 11.4 Å². The van der Waals surface area contributed by atoms with Crippen molar-refractivity contribution in [1.29, 1.82) is 0 Å². The molecule has 0 unspecified atom stereocenters. The molecule has 4 N–H and O–H groups in total. The second kappa shape index (κ2) is 12.6. The van der Waals surface area contributed by atoms with Gasteiger partial charge in [0.1, 0.15) is 16.1 Å². The number of carbonyl (C=O) groups is 2. The summed E-state index contributed by atoms with van der Waals surface area (Å²) in [7, 11) is -2.85. The molecule has 14 heteroatoms. The van der Waals surface area contributed by atoms with Gasteiger partial charge in [-0.05, 0) is 31.0 Å². The Morgan fingerprint density at radius 3 is 2.77 bits per heavy atom. The number of hydrogen-bond acceptors (Lipinski definition) is 11. The first-order chi connectivity index (χ1) is 16.8. The Kier molecular flexibility index (Phi) is 9.51. The molecule has 0 saturated carbocycles. The van der Waals surface area contributed by atoms with Gasteiger partial charge in [0, 0.05) is 26.1 Å². The van der Waals surface area contributed by atoms with Gasteiger partial charge in [0.25, 0.3) is 0 Å². The van der Waals surface area contributed by atoms with Crippen molar-refractivity contribution >= 4 is 39.2 Å². The average Bonchev–Trinajstić information content (AvgIpc) is 3.51. The Balaban J connectivity index is 1.47. The minimum Gasteiger partial charge on any atom is -0.468 e. The molecule has 0 aliphatic carbocycles. The Hall–Kier alpha value is -3.10. The molecular formula is C21H29N7O5S2. The van der Waals surface area contributed by atoms with Crippen LogP contribution in [0.15, 0.2) is 34.2 Å². The van der Waals surface area contributed by atoms with Gasteiger partial charge in [0.05, 0.1) is 25.0 Å². The number of hydrogen-bond donors (Lipinski definition) is 4. The van der Waals surface area contributed by atoms with Crippen LogP contribution in [-0.4, -0.2) is 75.8 Å². The van der Waals surface area contributed by atoms with Crippen LogP contribution in [0.1, 0.15) is 22.0 Å². The van der Waals surface area contributed by atoms with Crippen molar-refractivity contribution in [3.05, 3.63) is 39.8 Å². The van der Waals surface area contributed by atoms with Crippen molar-refractivity contribution in [2.75, 3.05) is 33.3 Å². The lowest BCUT2D eigenvalue weighted by Gasteiger charge is -2.17. The van der Waals surface area contributed by atoms with Crippen molar-refractivity contribution in [1.82, 2.24) is 30.9 Å². The van der Waals surface area contributed by atoms with Gasteiger partial charge >= 0.3 is 5.97 Å². The van der Waals surface area contributed by atoms with E-state index in [1.807, 2.05) is 0 Å². The number of carbonyl (C=O) groups excluding carboxylic acids is 2. The zero-order valence-electron chi connectivity index (χ0n) is 19.5. The highest BCUT2D eigenvalue weighted by molar-refractivity contribution is 7.89. The standard InChI is InChI=1S/C21H29N7O5S2/c1-14-5-3-6-15(11-14)35(31,32)28-16(20(30)33-2)13-25-17(29)12-19-27-26-18(34-19)7-4-8-22-21-23-9-10-24-21/h3,5-6,11,16,28H,4,7-10,12-13H2,1-2H3,(H,25,29)(H2,22,23,24)/t16-/m0/s1. The molecule has 1 aliphatic rings. The molecule has 1 amide bonds. The molecule has 1 aliphatic heterocycles. The summed E-state index contributed by atoms with van der Waals surface area (Å²) in [5, 5.41) is 18.4. The third-order valence-electron chi connectivity index (χ3n) is 4.94. The number of methoxy groups -OCH3 is 1. The second-order valence-electron chi connectivity index (χ2n) is 7.77. The van der Waals surface area contributed by atoms with E-state index < -0.39 is 27.9 Å². The zero-order valence-corrected chi connectivity index (χ0v) is 21.2. The molecule has 0 fully saturated rings. The van der Waals surface area contributed by atoms with E-state index in [-0.39, 0.29) is 17.9 Å². The number of aryl methyl sites for hydroxylation is 2. The van der Waals surface area contributed by atoms with Crippen LogP contribution in [0.3, 0.4) is 0 Å². The fraction of sp³-hybridized carbons (Fsp3) is 0.476. The van der Waals surface area contributed by atoms with E-state index in [1.54, 1.807) is 19.1 Å². The van der Waals surface area contributed by atoms with Crippen LogP contribution in [0, 0.1) is 6.92 Å². The molecule has 2 heterocycles. The number of amides is 1. The molecule has 12 nitrogen and oxygen atoms in total. The number of sulfonamides is 1. The number of aliphatic imine (C=N–C) groups is 1. The number of rotatable bonds is 12. The average molecular weight is 524 g/mol. The van der Waals surface area contributed by atoms with Crippen molar-refractivity contribution in [2.45, 2.75) is 37.1 Å². The van der Waals surface area contributed by atoms with Crippen molar-refractivity contribution in [2.24, 2.45) is 4.99 Å². The van der Waals surface area contributed by atoms with Crippen LogP contribution in [0.4, 0.5) is 0 Å². The molecule has 1 aromatic heterocycles. The van der Waals surface area contributed by atoms with Gasteiger partial charge in [-0.1, -0.05) is 12.1 Å². The summed E-state index contributed by atoms with van der Waals surface area (Å²) in [5.74, 6) is -0.415. The summed E-state index contributed by atoms with van der Waals surface area (Å²) >= 11 is 1.34. The third-order valence-corrected chi connectivity index (χ3v) is 7.39. The van der Waals surface area contributed by atoms with Crippen LogP contribution < -0.4 is 20.7 Å². The van der Waals surface area contributed by atoms with Gasteiger partial charge in [0.15, 0.2) is 5.96 Å². The van der Waals surface area contributed by atoms with Gasteiger partial charge in [-0.15, -0.1) is 21.5 Å². The maximum absolute atomic E-state index is 12.7. The van der Waals surface area contributed by atoms with Crippen molar-refractivity contribution in [3.8, 4) is 0 Å². The number of aromatic nitrogens is 2. The van der Waals surface area contributed by atoms with Gasteiger partial charge < -0.3 is 20.7 Å². The number of nitrogens with zero attached hydrogens (tertiary/aromatic N) is 3. The Morgan fingerprint density at radius 1 is 1.26 bits per heavy atom. The lowest BCUT2D eigenvalue weighted by molar-refractivity contribution is -0.142. The molecule has 0 spiro atoms. The smallest absolute Gasteiger partial charge is 0.325 e. The van der Waals surface area contributed by atoms with E-state index in [1.165, 1.54) is 23.5 Å². The first-order valence-electron chi connectivity index (χ1n) is 11.0. The van der Waals surface area contributed by atoms with E-state index in [0.717, 1.165) is 49.7 Å². The molecule has 0 bridgehead atoms. The van der Waals surface area contributed by atoms with Gasteiger partial charge in [0.2, 0.25) is 15.9 Å². The highest BCUT2D eigenvalue weighted by atomic mass is 32.2. The van der Waals surface area contributed by atoms with Gasteiger partial charge in [-0.2, -0.15) is 4.72 Å². The quantitative estimate of drug-likeness (QED) is 0.212. The summed E-state index contributed by atoms with van der Waals surface area (Å²) in [6, 6.07) is 4.98. The number of benzene rings is 1. The molecule has 1 aromatic carbocycles. The van der Waals surface area contributed by atoms with Crippen LogP contribution in [0.25, 0.3) is 0 Å². The zero-order chi connectivity index (χ0) is 25.3. The third kappa shape index (κ3) is 8.26.